The van der Waals surface area contributed by atoms with Crippen molar-refractivity contribution in [1.82, 2.24) is 4.90 Å². The first-order valence-corrected chi connectivity index (χ1v) is 5.00. The Balaban J connectivity index is 2.29. The Labute approximate surface area is 88.3 Å². The molecule has 3 N–H and O–H groups in total. The van der Waals surface area contributed by atoms with Gasteiger partial charge in [0.2, 0.25) is 0 Å². The fraction of sp³-hybridized carbons (Fsp3) is 0.364. The summed E-state index contributed by atoms with van der Waals surface area (Å²) in [6, 6.07) is 9.28. The number of benzene rings is 1. The van der Waals surface area contributed by atoms with E-state index in [-0.39, 0.29) is 12.1 Å². The van der Waals surface area contributed by atoms with Gasteiger partial charge in [0.1, 0.15) is 0 Å². The molecule has 0 aromatic heterocycles. The molecule has 2 atom stereocenters. The lowest BCUT2D eigenvalue weighted by atomic mass is 10.0. The lowest BCUT2D eigenvalue weighted by Crippen LogP contribution is -2.34. The minimum Gasteiger partial charge on any atom is -0.465 e. The number of amides is 1. The van der Waals surface area contributed by atoms with Crippen molar-refractivity contribution >= 4 is 6.09 Å². The normalized spacial score (nSPS) is 25.5. The van der Waals surface area contributed by atoms with Gasteiger partial charge in [-0.2, -0.15) is 0 Å². The van der Waals surface area contributed by atoms with Crippen LogP contribution in [0.2, 0.25) is 0 Å². The summed E-state index contributed by atoms with van der Waals surface area (Å²) in [7, 11) is 0. The van der Waals surface area contributed by atoms with Crippen molar-refractivity contribution in [3.8, 4) is 0 Å². The van der Waals surface area contributed by atoms with Gasteiger partial charge in [0.15, 0.2) is 0 Å². The minimum atomic E-state index is -0.892. The molecule has 1 aromatic rings. The molecule has 2 unspecified atom stereocenters. The number of nitrogens with zero attached hydrogens (tertiary/aromatic N) is 1. The lowest BCUT2D eigenvalue weighted by molar-refractivity contribution is 0.138. The first-order chi connectivity index (χ1) is 7.20. The van der Waals surface area contributed by atoms with Crippen LogP contribution in [0.15, 0.2) is 30.3 Å². The second-order valence-electron chi connectivity index (χ2n) is 3.78. The van der Waals surface area contributed by atoms with E-state index in [4.69, 9.17) is 10.8 Å². The van der Waals surface area contributed by atoms with E-state index in [2.05, 4.69) is 0 Å². The Morgan fingerprint density at radius 2 is 2.07 bits per heavy atom. The average molecular weight is 206 g/mol. The molecule has 80 valence electrons. The van der Waals surface area contributed by atoms with E-state index in [9.17, 15) is 4.79 Å². The SMILES string of the molecule is NC1CCN(C(=O)O)C1c1ccccc1. The summed E-state index contributed by atoms with van der Waals surface area (Å²) in [5.41, 5.74) is 6.91. The third-order valence-electron chi connectivity index (χ3n) is 2.83. The van der Waals surface area contributed by atoms with Gasteiger partial charge in [-0.05, 0) is 12.0 Å². The van der Waals surface area contributed by atoms with Gasteiger partial charge < -0.3 is 10.8 Å². The lowest BCUT2D eigenvalue weighted by Gasteiger charge is -2.24. The quantitative estimate of drug-likeness (QED) is 0.730. The molecule has 1 amide bonds. The largest absolute Gasteiger partial charge is 0.465 e. The van der Waals surface area contributed by atoms with Crippen LogP contribution in [0.4, 0.5) is 4.79 Å². The zero-order valence-corrected chi connectivity index (χ0v) is 8.34. The molecule has 1 fully saturated rings. The number of nitrogens with two attached hydrogens (primary N) is 1. The molecule has 1 aliphatic heterocycles. The molecule has 4 nitrogen and oxygen atoms in total. The van der Waals surface area contributed by atoms with Crippen molar-refractivity contribution in [2.24, 2.45) is 5.73 Å². The van der Waals surface area contributed by atoms with Crippen LogP contribution in [-0.2, 0) is 0 Å². The van der Waals surface area contributed by atoms with Crippen LogP contribution in [0, 0.1) is 0 Å². The number of hydrogen-bond donors (Lipinski definition) is 2. The molecule has 0 bridgehead atoms. The van der Waals surface area contributed by atoms with Crippen molar-refractivity contribution in [1.29, 1.82) is 0 Å². The third-order valence-corrected chi connectivity index (χ3v) is 2.83. The van der Waals surface area contributed by atoms with Crippen LogP contribution in [0.3, 0.4) is 0 Å². The van der Waals surface area contributed by atoms with Crippen molar-refractivity contribution in [2.75, 3.05) is 6.54 Å². The van der Waals surface area contributed by atoms with E-state index >= 15 is 0 Å². The number of carbonyl (C=O) groups is 1. The third kappa shape index (κ3) is 1.80. The highest BCUT2D eigenvalue weighted by molar-refractivity contribution is 5.66. The van der Waals surface area contributed by atoms with Crippen molar-refractivity contribution in [3.63, 3.8) is 0 Å². The zero-order chi connectivity index (χ0) is 10.8. The minimum absolute atomic E-state index is 0.0940. The summed E-state index contributed by atoms with van der Waals surface area (Å²) in [4.78, 5) is 12.4. The van der Waals surface area contributed by atoms with Crippen LogP contribution in [0.5, 0.6) is 0 Å². The second-order valence-corrected chi connectivity index (χ2v) is 3.78. The summed E-state index contributed by atoms with van der Waals surface area (Å²) in [5.74, 6) is 0. The van der Waals surface area contributed by atoms with E-state index in [1.54, 1.807) is 0 Å². The monoisotopic (exact) mass is 206 g/mol. The average Bonchev–Trinajstić information content (AvgIpc) is 2.61. The maximum absolute atomic E-state index is 11.0. The molecule has 1 aliphatic rings. The predicted octanol–water partition coefficient (Wildman–Crippen LogP) is 1.44. The second kappa shape index (κ2) is 3.90. The maximum atomic E-state index is 11.0. The molecule has 1 saturated heterocycles. The molecule has 0 saturated carbocycles. The maximum Gasteiger partial charge on any atom is 0.407 e. The standard InChI is InChI=1S/C11H14N2O2/c12-9-6-7-13(11(14)15)10(9)8-4-2-1-3-5-8/h1-5,9-10H,6-7,12H2,(H,14,15). The smallest absolute Gasteiger partial charge is 0.407 e. The topological polar surface area (TPSA) is 66.6 Å². The van der Waals surface area contributed by atoms with Gasteiger partial charge >= 0.3 is 6.09 Å². The van der Waals surface area contributed by atoms with Crippen molar-refractivity contribution < 1.29 is 9.90 Å². The van der Waals surface area contributed by atoms with Gasteiger partial charge in [0.05, 0.1) is 6.04 Å². The fourth-order valence-corrected chi connectivity index (χ4v) is 2.11. The summed E-state index contributed by atoms with van der Waals surface area (Å²) >= 11 is 0. The highest BCUT2D eigenvalue weighted by atomic mass is 16.4. The van der Waals surface area contributed by atoms with Crippen LogP contribution < -0.4 is 5.73 Å². The molecular weight excluding hydrogens is 192 g/mol. The van der Waals surface area contributed by atoms with E-state index in [0.717, 1.165) is 12.0 Å². The molecule has 0 aliphatic carbocycles. The Morgan fingerprint density at radius 1 is 1.40 bits per heavy atom. The van der Waals surface area contributed by atoms with E-state index in [1.165, 1.54) is 4.90 Å². The Bertz CT molecular complexity index is 353. The Hall–Kier alpha value is -1.55. The van der Waals surface area contributed by atoms with Crippen molar-refractivity contribution in [3.05, 3.63) is 35.9 Å². The molecular formula is C11H14N2O2. The summed E-state index contributed by atoms with van der Waals surface area (Å²) in [6.07, 6.45) is -0.164. The van der Waals surface area contributed by atoms with Crippen LogP contribution in [-0.4, -0.2) is 28.7 Å². The van der Waals surface area contributed by atoms with E-state index in [1.807, 2.05) is 30.3 Å². The van der Waals surface area contributed by atoms with Crippen LogP contribution in [0.25, 0.3) is 0 Å². The molecule has 4 heteroatoms. The summed E-state index contributed by atoms with van der Waals surface area (Å²) < 4.78 is 0. The molecule has 0 radical (unpaired) electrons. The summed E-state index contributed by atoms with van der Waals surface area (Å²) in [5, 5.41) is 9.03. The highest BCUT2D eigenvalue weighted by Crippen LogP contribution is 2.30. The van der Waals surface area contributed by atoms with Gasteiger partial charge in [0, 0.05) is 12.6 Å². The van der Waals surface area contributed by atoms with Gasteiger partial charge in [0.25, 0.3) is 0 Å². The van der Waals surface area contributed by atoms with Crippen LogP contribution >= 0.6 is 0 Å². The first kappa shape index (κ1) is 9.98. The van der Waals surface area contributed by atoms with Gasteiger partial charge in [-0.3, -0.25) is 4.90 Å². The summed E-state index contributed by atoms with van der Waals surface area (Å²) in [6.45, 7) is 0.524. The van der Waals surface area contributed by atoms with Crippen molar-refractivity contribution in [2.45, 2.75) is 18.5 Å². The highest BCUT2D eigenvalue weighted by Gasteiger charge is 2.35. The van der Waals surface area contributed by atoms with Gasteiger partial charge in [-0.25, -0.2) is 4.79 Å². The number of carboxylic acid groups (broad SMARTS) is 1. The Morgan fingerprint density at radius 3 is 2.67 bits per heavy atom. The number of rotatable bonds is 1. The molecule has 1 aromatic carbocycles. The van der Waals surface area contributed by atoms with E-state index < -0.39 is 6.09 Å². The molecule has 0 spiro atoms. The molecule has 15 heavy (non-hydrogen) atoms. The zero-order valence-electron chi connectivity index (χ0n) is 8.34. The first-order valence-electron chi connectivity index (χ1n) is 5.00. The van der Waals surface area contributed by atoms with E-state index in [0.29, 0.717) is 6.54 Å². The van der Waals surface area contributed by atoms with Crippen LogP contribution in [0.1, 0.15) is 18.0 Å². The van der Waals surface area contributed by atoms with Gasteiger partial charge in [-0.1, -0.05) is 30.3 Å². The predicted molar refractivity (Wildman–Crippen MR) is 56.5 cm³/mol. The van der Waals surface area contributed by atoms with Gasteiger partial charge in [-0.15, -0.1) is 0 Å². The number of likely N-dealkylation sites (tertiary alicyclic amines) is 1. The fourth-order valence-electron chi connectivity index (χ4n) is 2.11. The Kier molecular flexibility index (Phi) is 2.60. The molecule has 1 heterocycles. The molecule has 2 rings (SSSR count). The number of hydrogen-bond acceptors (Lipinski definition) is 2.